The molecule has 2 rings (SSSR count). The highest BCUT2D eigenvalue weighted by molar-refractivity contribution is 14.1. The first-order chi connectivity index (χ1) is 10.3. The molecule has 118 valence electrons. The van der Waals surface area contributed by atoms with Gasteiger partial charge in [0.05, 0.1) is 6.20 Å². The molecule has 22 heavy (non-hydrogen) atoms. The Kier molecular flexibility index (Phi) is 5.09. The number of nitrogens with zero attached hydrogens (tertiary/aromatic N) is 2. The van der Waals surface area contributed by atoms with Gasteiger partial charge in [0.1, 0.15) is 6.61 Å². The van der Waals surface area contributed by atoms with Crippen LogP contribution in [0.3, 0.4) is 0 Å². The SMILES string of the molecule is CC(F)(F)c1cc(CI)cc(COc2ncc(F)c(N)n2)c1. The first-order valence-corrected chi connectivity index (χ1v) is 7.80. The molecule has 1 heterocycles. The molecule has 0 amide bonds. The van der Waals surface area contributed by atoms with Crippen molar-refractivity contribution in [3.63, 3.8) is 0 Å². The molecule has 0 aliphatic heterocycles. The van der Waals surface area contributed by atoms with Crippen LogP contribution < -0.4 is 10.5 Å². The van der Waals surface area contributed by atoms with E-state index in [9.17, 15) is 13.2 Å². The van der Waals surface area contributed by atoms with Gasteiger partial charge >= 0.3 is 6.01 Å². The lowest BCUT2D eigenvalue weighted by Gasteiger charge is -2.14. The number of hydrogen-bond acceptors (Lipinski definition) is 4. The van der Waals surface area contributed by atoms with Crippen LogP contribution in [0, 0.1) is 5.82 Å². The molecule has 0 atom stereocenters. The second kappa shape index (κ2) is 6.67. The zero-order valence-corrected chi connectivity index (χ0v) is 13.8. The molecule has 2 aromatic rings. The standard InChI is InChI=1S/C14H13F3IN3O/c1-14(16,17)10-3-8(5-18)2-9(4-10)7-22-13-20-6-11(15)12(19)21-13/h2-4,6H,5,7H2,1H3,(H2,19,20,21). The monoisotopic (exact) mass is 423 g/mol. The van der Waals surface area contributed by atoms with E-state index in [0.29, 0.717) is 9.99 Å². The lowest BCUT2D eigenvalue weighted by molar-refractivity contribution is 0.0172. The van der Waals surface area contributed by atoms with E-state index in [1.165, 1.54) is 12.1 Å². The van der Waals surface area contributed by atoms with Crippen LogP contribution in [0.15, 0.2) is 24.4 Å². The summed E-state index contributed by atoms with van der Waals surface area (Å²) < 4.78 is 45.8. The quantitative estimate of drug-likeness (QED) is 0.587. The maximum absolute atomic E-state index is 13.5. The Bertz CT molecular complexity index is 677. The molecule has 4 nitrogen and oxygen atoms in total. The Morgan fingerprint density at radius 1 is 1.27 bits per heavy atom. The number of alkyl halides is 3. The van der Waals surface area contributed by atoms with Gasteiger partial charge in [0.15, 0.2) is 11.6 Å². The fraction of sp³-hybridized carbons (Fsp3) is 0.286. The summed E-state index contributed by atoms with van der Waals surface area (Å²) in [5, 5.41) is 0. The summed E-state index contributed by atoms with van der Waals surface area (Å²) in [6, 6.07) is 4.48. The van der Waals surface area contributed by atoms with Crippen LogP contribution in [-0.4, -0.2) is 9.97 Å². The van der Waals surface area contributed by atoms with Gasteiger partial charge in [-0.15, -0.1) is 0 Å². The number of nitrogens with two attached hydrogens (primary N) is 1. The van der Waals surface area contributed by atoms with Gasteiger partial charge < -0.3 is 10.5 Å². The maximum Gasteiger partial charge on any atom is 0.318 e. The van der Waals surface area contributed by atoms with Crippen LogP contribution >= 0.6 is 22.6 Å². The van der Waals surface area contributed by atoms with Crippen molar-refractivity contribution in [3.05, 3.63) is 46.9 Å². The van der Waals surface area contributed by atoms with Gasteiger partial charge in [-0.3, -0.25) is 0 Å². The largest absolute Gasteiger partial charge is 0.459 e. The van der Waals surface area contributed by atoms with E-state index in [-0.39, 0.29) is 24.0 Å². The Balaban J connectivity index is 2.20. The van der Waals surface area contributed by atoms with Crippen LogP contribution in [0.2, 0.25) is 0 Å². The highest BCUT2D eigenvalue weighted by Gasteiger charge is 2.25. The smallest absolute Gasteiger partial charge is 0.318 e. The third kappa shape index (κ3) is 4.21. The van der Waals surface area contributed by atoms with Crippen LogP contribution in [0.5, 0.6) is 6.01 Å². The third-order valence-electron chi connectivity index (χ3n) is 2.83. The zero-order chi connectivity index (χ0) is 16.3. The first-order valence-electron chi connectivity index (χ1n) is 6.27. The predicted octanol–water partition coefficient (Wildman–Crippen LogP) is 3.82. The van der Waals surface area contributed by atoms with Gasteiger partial charge in [0, 0.05) is 16.9 Å². The molecule has 0 aliphatic rings. The summed E-state index contributed by atoms with van der Waals surface area (Å²) in [5.74, 6) is -4.01. The molecule has 0 saturated heterocycles. The van der Waals surface area contributed by atoms with Crippen molar-refractivity contribution in [3.8, 4) is 6.01 Å². The number of halogens is 4. The van der Waals surface area contributed by atoms with E-state index in [1.807, 2.05) is 0 Å². The Labute approximate surface area is 139 Å². The lowest BCUT2D eigenvalue weighted by atomic mass is 10.0. The Hall–Kier alpha value is -1.58. The van der Waals surface area contributed by atoms with Crippen LogP contribution in [0.4, 0.5) is 19.0 Å². The molecule has 0 radical (unpaired) electrons. The van der Waals surface area contributed by atoms with Gasteiger partial charge in [-0.05, 0) is 23.3 Å². The second-order valence-corrected chi connectivity index (χ2v) is 5.50. The van der Waals surface area contributed by atoms with E-state index in [0.717, 1.165) is 18.7 Å². The fourth-order valence-corrected chi connectivity index (χ4v) is 2.20. The molecule has 8 heteroatoms. The molecule has 1 aromatic heterocycles. The summed E-state index contributed by atoms with van der Waals surface area (Å²) in [5.41, 5.74) is 6.54. The minimum Gasteiger partial charge on any atom is -0.459 e. The van der Waals surface area contributed by atoms with E-state index in [1.54, 1.807) is 6.07 Å². The zero-order valence-electron chi connectivity index (χ0n) is 11.6. The summed E-state index contributed by atoms with van der Waals surface area (Å²) in [6.07, 6.45) is 0.893. The molecule has 0 saturated carbocycles. The van der Waals surface area contributed by atoms with E-state index in [4.69, 9.17) is 10.5 Å². The van der Waals surface area contributed by atoms with Crippen molar-refractivity contribution in [2.45, 2.75) is 23.9 Å². The second-order valence-electron chi connectivity index (χ2n) is 4.73. The Morgan fingerprint density at radius 2 is 1.95 bits per heavy atom. The van der Waals surface area contributed by atoms with Crippen LogP contribution in [0.1, 0.15) is 23.6 Å². The lowest BCUT2D eigenvalue weighted by Crippen LogP contribution is -2.09. The highest BCUT2D eigenvalue weighted by atomic mass is 127. The van der Waals surface area contributed by atoms with Gasteiger partial charge in [-0.2, -0.15) is 4.98 Å². The molecule has 0 spiro atoms. The van der Waals surface area contributed by atoms with Gasteiger partial charge in [0.25, 0.3) is 5.92 Å². The molecular formula is C14H13F3IN3O. The van der Waals surface area contributed by atoms with Crippen molar-refractivity contribution in [2.24, 2.45) is 0 Å². The third-order valence-corrected chi connectivity index (χ3v) is 3.71. The van der Waals surface area contributed by atoms with E-state index in [2.05, 4.69) is 32.6 Å². The normalized spacial score (nSPS) is 11.5. The van der Waals surface area contributed by atoms with Crippen molar-refractivity contribution >= 4 is 28.4 Å². The number of hydrogen-bond donors (Lipinski definition) is 1. The maximum atomic E-state index is 13.5. The number of anilines is 1. The molecular weight excluding hydrogens is 410 g/mol. The van der Waals surface area contributed by atoms with Crippen molar-refractivity contribution in [1.82, 2.24) is 9.97 Å². The minimum absolute atomic E-state index is 0.0152. The molecule has 0 unspecified atom stereocenters. The molecule has 0 bridgehead atoms. The molecule has 0 fully saturated rings. The highest BCUT2D eigenvalue weighted by Crippen LogP contribution is 2.29. The van der Waals surface area contributed by atoms with Crippen molar-refractivity contribution in [2.75, 3.05) is 5.73 Å². The van der Waals surface area contributed by atoms with Crippen LogP contribution in [0.25, 0.3) is 0 Å². The van der Waals surface area contributed by atoms with E-state index >= 15 is 0 Å². The summed E-state index contributed by atoms with van der Waals surface area (Å²) in [7, 11) is 0. The summed E-state index contributed by atoms with van der Waals surface area (Å²) >= 11 is 2.09. The van der Waals surface area contributed by atoms with Gasteiger partial charge in [-0.25, -0.2) is 18.2 Å². The van der Waals surface area contributed by atoms with Crippen molar-refractivity contribution < 1.29 is 17.9 Å². The predicted molar refractivity (Wildman–Crippen MR) is 84.5 cm³/mol. The Morgan fingerprint density at radius 3 is 2.55 bits per heavy atom. The van der Waals surface area contributed by atoms with Crippen molar-refractivity contribution in [1.29, 1.82) is 0 Å². The first kappa shape index (κ1) is 16.8. The molecule has 2 N–H and O–H groups in total. The van der Waals surface area contributed by atoms with Gasteiger partial charge in [-0.1, -0.05) is 28.7 Å². The average Bonchev–Trinajstić information content (AvgIpc) is 2.47. The van der Waals surface area contributed by atoms with Crippen LogP contribution in [-0.2, 0) is 17.0 Å². The summed E-state index contributed by atoms with van der Waals surface area (Å²) in [4.78, 5) is 7.25. The number of benzene rings is 1. The topological polar surface area (TPSA) is 61.0 Å². The molecule has 0 aliphatic carbocycles. The fourth-order valence-electron chi connectivity index (χ4n) is 1.76. The van der Waals surface area contributed by atoms with Gasteiger partial charge in [0.2, 0.25) is 0 Å². The molecule has 1 aromatic carbocycles. The number of rotatable bonds is 5. The summed E-state index contributed by atoms with van der Waals surface area (Å²) in [6.45, 7) is 0.826. The average molecular weight is 423 g/mol. The number of aromatic nitrogens is 2. The van der Waals surface area contributed by atoms with E-state index < -0.39 is 11.7 Å². The minimum atomic E-state index is -2.94. The number of ether oxygens (including phenoxy) is 1. The number of nitrogen functional groups attached to an aromatic ring is 1.